The molecule has 4 heteroatoms. The maximum Gasteiger partial charge on any atom is 0.0963 e. The van der Waals surface area contributed by atoms with Crippen molar-refractivity contribution < 1.29 is 9.32 Å². The van der Waals surface area contributed by atoms with Crippen LogP contribution in [0.1, 0.15) is 20.3 Å². The fraction of sp³-hybridized carbons (Fsp3) is 0.429. The first-order valence-electron chi connectivity index (χ1n) is 6.10. The summed E-state index contributed by atoms with van der Waals surface area (Å²) in [5.41, 5.74) is 0. The molecular formula is C14H21NO2S. The monoisotopic (exact) mass is 267 g/mol. The van der Waals surface area contributed by atoms with Crippen molar-refractivity contribution in [2.75, 3.05) is 7.05 Å². The summed E-state index contributed by atoms with van der Waals surface area (Å²) in [5, 5.41) is 11.2. The molecule has 0 bridgehead atoms. The van der Waals surface area contributed by atoms with E-state index in [1.807, 2.05) is 43.3 Å². The molecule has 0 aliphatic carbocycles. The van der Waals surface area contributed by atoms with Gasteiger partial charge in [0.25, 0.3) is 0 Å². The van der Waals surface area contributed by atoms with Crippen LogP contribution in [0.4, 0.5) is 0 Å². The Balaban J connectivity index is 3.06. The highest BCUT2D eigenvalue weighted by Crippen LogP contribution is 2.17. The Morgan fingerprint density at radius 3 is 2.44 bits per heavy atom. The van der Waals surface area contributed by atoms with Gasteiger partial charge in [-0.25, -0.2) is 8.57 Å². The lowest BCUT2D eigenvalue weighted by molar-refractivity contribution is 0.147. The predicted molar refractivity (Wildman–Crippen MR) is 75.8 cm³/mol. The molecule has 100 valence electrons. The first-order valence-corrected chi connectivity index (χ1v) is 7.68. The average Bonchev–Trinajstić information content (AvgIpc) is 2.39. The third-order valence-corrected chi connectivity index (χ3v) is 4.97. The fourth-order valence-electron chi connectivity index (χ4n) is 1.71. The van der Waals surface area contributed by atoms with Crippen LogP contribution in [-0.4, -0.2) is 22.5 Å². The zero-order valence-corrected chi connectivity index (χ0v) is 11.9. The van der Waals surface area contributed by atoms with Crippen LogP contribution < -0.4 is 0 Å². The first-order chi connectivity index (χ1) is 8.53. The Kier molecular flexibility index (Phi) is 5.56. The summed E-state index contributed by atoms with van der Waals surface area (Å²) in [4.78, 5) is 0.698. The van der Waals surface area contributed by atoms with Crippen molar-refractivity contribution in [2.45, 2.75) is 31.3 Å². The Morgan fingerprint density at radius 2 is 2.00 bits per heavy atom. The van der Waals surface area contributed by atoms with E-state index in [1.54, 1.807) is 19.4 Å². The van der Waals surface area contributed by atoms with Crippen molar-refractivity contribution >= 4 is 9.73 Å². The number of hydrogen-bond acceptors (Lipinski definition) is 3. The molecule has 3 atom stereocenters. The molecule has 0 fully saturated rings. The fourth-order valence-corrected chi connectivity index (χ4v) is 3.16. The number of benzene rings is 1. The Hall–Kier alpha value is -1.13. The molecule has 3 nitrogen and oxygen atoms in total. The second-order valence-electron chi connectivity index (χ2n) is 4.21. The highest BCUT2D eigenvalue weighted by atomic mass is 32.2. The molecule has 1 aromatic carbocycles. The maximum absolute atomic E-state index is 12.7. The minimum atomic E-state index is -2.51. The van der Waals surface area contributed by atoms with E-state index in [0.29, 0.717) is 4.90 Å². The van der Waals surface area contributed by atoms with E-state index >= 15 is 0 Å². The van der Waals surface area contributed by atoms with Gasteiger partial charge in [-0.05, 0) is 25.5 Å². The SMILES string of the molecule is CC[C@H](/C=C/[S@](=O)(=NC)c1ccccc1)[C@@H](C)O. The zero-order valence-electron chi connectivity index (χ0n) is 11.1. The number of aliphatic hydroxyl groups is 1. The third kappa shape index (κ3) is 3.68. The molecule has 0 saturated carbocycles. The van der Waals surface area contributed by atoms with Gasteiger partial charge in [0, 0.05) is 18.4 Å². The van der Waals surface area contributed by atoms with Gasteiger partial charge in [-0.1, -0.05) is 31.2 Å². The summed E-state index contributed by atoms with van der Waals surface area (Å²) in [6.45, 7) is 3.74. The molecule has 0 saturated heterocycles. The van der Waals surface area contributed by atoms with Crippen LogP contribution in [-0.2, 0) is 9.73 Å². The van der Waals surface area contributed by atoms with Gasteiger partial charge in [-0.15, -0.1) is 0 Å². The smallest absolute Gasteiger partial charge is 0.0963 e. The van der Waals surface area contributed by atoms with E-state index < -0.39 is 15.8 Å². The molecule has 0 aliphatic rings. The van der Waals surface area contributed by atoms with E-state index in [1.165, 1.54) is 0 Å². The van der Waals surface area contributed by atoms with Gasteiger partial charge in [0.15, 0.2) is 0 Å². The molecule has 0 unspecified atom stereocenters. The minimum Gasteiger partial charge on any atom is -0.393 e. The number of nitrogens with zero attached hydrogens (tertiary/aromatic N) is 1. The Morgan fingerprint density at radius 1 is 1.39 bits per heavy atom. The van der Waals surface area contributed by atoms with Gasteiger partial charge in [-0.2, -0.15) is 0 Å². The van der Waals surface area contributed by atoms with E-state index in [0.717, 1.165) is 6.42 Å². The van der Waals surface area contributed by atoms with Crippen LogP contribution in [0.3, 0.4) is 0 Å². The number of hydrogen-bond donors (Lipinski definition) is 1. The summed E-state index contributed by atoms with van der Waals surface area (Å²) in [6, 6.07) is 9.19. The normalized spacial score (nSPS) is 18.2. The van der Waals surface area contributed by atoms with Crippen LogP contribution in [0.25, 0.3) is 0 Å². The molecule has 0 aromatic heterocycles. The van der Waals surface area contributed by atoms with Crippen LogP contribution in [0, 0.1) is 5.92 Å². The van der Waals surface area contributed by atoms with Gasteiger partial charge in [0.05, 0.1) is 20.7 Å². The van der Waals surface area contributed by atoms with Crippen LogP contribution in [0.15, 0.2) is 51.1 Å². The molecule has 1 rings (SSSR count). The molecule has 0 aliphatic heterocycles. The summed E-state index contributed by atoms with van der Waals surface area (Å²) >= 11 is 0. The quantitative estimate of drug-likeness (QED) is 0.891. The molecule has 1 aromatic rings. The van der Waals surface area contributed by atoms with Gasteiger partial charge in [0.2, 0.25) is 0 Å². The summed E-state index contributed by atoms with van der Waals surface area (Å²) in [7, 11) is -0.952. The molecule has 0 radical (unpaired) electrons. The third-order valence-electron chi connectivity index (χ3n) is 2.95. The topological polar surface area (TPSA) is 49.7 Å². The van der Waals surface area contributed by atoms with E-state index in [2.05, 4.69) is 4.36 Å². The predicted octanol–water partition coefficient (Wildman–Crippen LogP) is 3.06. The Bertz CT molecular complexity index is 500. The van der Waals surface area contributed by atoms with E-state index in [4.69, 9.17) is 0 Å². The van der Waals surface area contributed by atoms with Gasteiger partial charge < -0.3 is 5.11 Å². The zero-order chi connectivity index (χ0) is 13.6. The van der Waals surface area contributed by atoms with Crippen molar-refractivity contribution in [3.05, 3.63) is 41.8 Å². The van der Waals surface area contributed by atoms with Crippen molar-refractivity contribution in [1.82, 2.24) is 0 Å². The molecule has 0 heterocycles. The highest BCUT2D eigenvalue weighted by molar-refractivity contribution is 7.96. The molecule has 0 amide bonds. The standard InChI is InChI=1S/C14H21NO2S/c1-4-13(12(2)16)10-11-18(17,15-3)14-8-6-5-7-9-14/h5-13,16H,4H2,1-3H3/b11-10+/t12-,13-,18-/m1/s1. The summed E-state index contributed by atoms with van der Waals surface area (Å²) < 4.78 is 16.7. The summed E-state index contributed by atoms with van der Waals surface area (Å²) in [6.07, 6.45) is 2.18. The van der Waals surface area contributed by atoms with Crippen molar-refractivity contribution in [1.29, 1.82) is 0 Å². The van der Waals surface area contributed by atoms with Crippen molar-refractivity contribution in [3.8, 4) is 0 Å². The largest absolute Gasteiger partial charge is 0.393 e. The van der Waals surface area contributed by atoms with Gasteiger partial charge in [-0.3, -0.25) is 0 Å². The average molecular weight is 267 g/mol. The molecule has 0 spiro atoms. The number of aliphatic hydroxyl groups excluding tert-OH is 1. The summed E-state index contributed by atoms with van der Waals surface area (Å²) in [5.74, 6) is 0.0105. The van der Waals surface area contributed by atoms with Crippen LogP contribution >= 0.6 is 0 Å². The molecule has 18 heavy (non-hydrogen) atoms. The molecular weight excluding hydrogens is 246 g/mol. The highest BCUT2D eigenvalue weighted by Gasteiger charge is 2.12. The lowest BCUT2D eigenvalue weighted by Gasteiger charge is -2.13. The van der Waals surface area contributed by atoms with Gasteiger partial charge in [0.1, 0.15) is 0 Å². The van der Waals surface area contributed by atoms with E-state index in [-0.39, 0.29) is 5.92 Å². The Labute approximate surface area is 110 Å². The van der Waals surface area contributed by atoms with E-state index in [9.17, 15) is 9.32 Å². The number of rotatable bonds is 5. The van der Waals surface area contributed by atoms with Crippen molar-refractivity contribution in [2.24, 2.45) is 10.3 Å². The van der Waals surface area contributed by atoms with Crippen molar-refractivity contribution in [3.63, 3.8) is 0 Å². The lowest BCUT2D eigenvalue weighted by atomic mass is 10.0. The van der Waals surface area contributed by atoms with Gasteiger partial charge >= 0.3 is 0 Å². The van der Waals surface area contributed by atoms with Crippen LogP contribution in [0.5, 0.6) is 0 Å². The van der Waals surface area contributed by atoms with Crippen LogP contribution in [0.2, 0.25) is 0 Å². The first kappa shape index (κ1) is 14.9. The second-order valence-corrected chi connectivity index (χ2v) is 6.45. The molecule has 1 N–H and O–H groups in total. The maximum atomic E-state index is 12.7. The second kappa shape index (κ2) is 6.71. The lowest BCUT2D eigenvalue weighted by Crippen LogP contribution is -2.13. The minimum absolute atomic E-state index is 0.0105.